The van der Waals surface area contributed by atoms with E-state index in [4.69, 9.17) is 21.4 Å². The van der Waals surface area contributed by atoms with Gasteiger partial charge in [0.1, 0.15) is 29.8 Å². The number of nitrogens with two attached hydrogens (primary N) is 2. The minimum Gasteiger partial charge on any atom is -0.549 e. The van der Waals surface area contributed by atoms with Crippen LogP contribution in [0.5, 0.6) is 0 Å². The molecule has 2 saturated heterocycles. The second-order valence-corrected chi connectivity index (χ2v) is 11.8. The van der Waals surface area contributed by atoms with Gasteiger partial charge in [0.05, 0.1) is 5.97 Å². The van der Waals surface area contributed by atoms with Crippen molar-refractivity contribution in [1.29, 1.82) is 0 Å². The molecule has 3 unspecified atom stereocenters. The summed E-state index contributed by atoms with van der Waals surface area (Å²) in [5, 5.41) is 39.9. The molecule has 41 heavy (non-hydrogen) atoms. The Morgan fingerprint density at radius 3 is 2.80 bits per heavy atom. The Morgan fingerprint density at radius 2 is 2.20 bits per heavy atom. The zero-order valence-electron chi connectivity index (χ0n) is 22.0. The molecule has 2 aliphatic heterocycles. The van der Waals surface area contributed by atoms with Crippen molar-refractivity contribution in [1.82, 2.24) is 35.4 Å². The van der Waals surface area contributed by atoms with Gasteiger partial charge in [0.2, 0.25) is 11.1 Å². The predicted octanol–water partition coefficient (Wildman–Crippen LogP) is -5.81. The number of nitrogens with one attached hydrogen (secondary N) is 1. The molecule has 0 aliphatic carbocycles. The Morgan fingerprint density at radius 1 is 1.44 bits per heavy atom. The van der Waals surface area contributed by atoms with Crippen LogP contribution in [0.25, 0.3) is 0 Å². The monoisotopic (exact) mass is 636 g/mol. The Balaban J connectivity index is 0.00000462. The first kappa shape index (κ1) is 33.0. The van der Waals surface area contributed by atoms with E-state index in [1.165, 1.54) is 22.0 Å². The van der Waals surface area contributed by atoms with E-state index in [1.807, 2.05) is 6.92 Å². The molecule has 21 heteroatoms. The van der Waals surface area contributed by atoms with Gasteiger partial charge in [-0.15, -0.1) is 28.2 Å². The summed E-state index contributed by atoms with van der Waals surface area (Å²) in [5.41, 5.74) is 9.89. The van der Waals surface area contributed by atoms with Crippen molar-refractivity contribution in [3.63, 3.8) is 0 Å². The van der Waals surface area contributed by atoms with Gasteiger partial charge in [0, 0.05) is 35.4 Å². The number of carboxylic acid groups (broad SMARTS) is 2. The van der Waals surface area contributed by atoms with Crippen LogP contribution in [0.1, 0.15) is 19.0 Å². The van der Waals surface area contributed by atoms with Gasteiger partial charge in [-0.2, -0.15) is 0 Å². The number of carboxylic acids is 2. The molecule has 6 N–H and O–H groups in total. The number of amides is 2. The molecule has 4 rings (SSSR count). The van der Waals surface area contributed by atoms with E-state index in [2.05, 4.69) is 31.0 Å². The molecule has 17 nitrogen and oxygen atoms in total. The molecule has 4 atom stereocenters. The summed E-state index contributed by atoms with van der Waals surface area (Å²) in [5.74, 6) is -3.75. The maximum absolute atomic E-state index is 13.2. The van der Waals surface area contributed by atoms with E-state index in [0.717, 1.165) is 27.8 Å². The van der Waals surface area contributed by atoms with Crippen LogP contribution in [0, 0.1) is 5.41 Å². The van der Waals surface area contributed by atoms with Gasteiger partial charge >= 0.3 is 35.5 Å². The third-order valence-electron chi connectivity index (χ3n) is 6.12. The number of thiazole rings is 1. The Labute approximate surface area is 267 Å². The average Bonchev–Trinajstić information content (AvgIpc) is 3.56. The molecule has 0 radical (unpaired) electrons. The summed E-state index contributed by atoms with van der Waals surface area (Å²) in [6.45, 7) is 1.35. The van der Waals surface area contributed by atoms with Crippen molar-refractivity contribution >= 4 is 69.5 Å². The van der Waals surface area contributed by atoms with Crippen LogP contribution in [0.4, 0.5) is 5.13 Å². The second-order valence-electron chi connectivity index (χ2n) is 8.87. The van der Waals surface area contributed by atoms with Crippen molar-refractivity contribution in [2.45, 2.75) is 42.6 Å². The number of aliphatic carboxylic acids is 2. The second kappa shape index (κ2) is 14.1. The third-order valence-corrected chi connectivity index (χ3v) is 9.63. The molecule has 2 fully saturated rings. The van der Waals surface area contributed by atoms with Gasteiger partial charge in [-0.1, -0.05) is 23.8 Å². The first-order chi connectivity index (χ1) is 19.1. The topological polar surface area (TPSA) is 257 Å². The first-order valence-corrected chi connectivity index (χ1v) is 14.7. The van der Waals surface area contributed by atoms with Gasteiger partial charge in [0.25, 0.3) is 5.91 Å². The summed E-state index contributed by atoms with van der Waals surface area (Å²) < 4.78 is 1.03. The van der Waals surface area contributed by atoms with Crippen LogP contribution in [0.2, 0.25) is 0 Å². The van der Waals surface area contributed by atoms with E-state index in [9.17, 15) is 24.3 Å². The fourth-order valence-corrected chi connectivity index (χ4v) is 7.12. The number of fused-ring (bicyclic) bond motifs is 1. The van der Waals surface area contributed by atoms with Crippen molar-refractivity contribution in [3.05, 3.63) is 11.1 Å². The normalized spacial score (nSPS) is 22.6. The maximum Gasteiger partial charge on any atom is 1.00 e. The fraction of sp³-hybridized carbons (Fsp3) is 0.550. The quantitative estimate of drug-likeness (QED) is 0.0525. The molecule has 216 valence electrons. The molecule has 0 saturated carbocycles. The maximum atomic E-state index is 13.2. The van der Waals surface area contributed by atoms with Gasteiger partial charge in [-0.25, -0.2) is 9.67 Å². The number of carbonyl (C=O) groups excluding carboxylic acids is 3. The van der Waals surface area contributed by atoms with Gasteiger partial charge in [-0.05, 0) is 16.8 Å². The fourth-order valence-electron chi connectivity index (χ4n) is 3.85. The molecule has 2 aromatic rings. The summed E-state index contributed by atoms with van der Waals surface area (Å²) in [7, 11) is 0. The van der Waals surface area contributed by atoms with Crippen LogP contribution in [-0.2, 0) is 30.6 Å². The summed E-state index contributed by atoms with van der Waals surface area (Å²) in [4.78, 5) is 60.2. The standard InChI is InChI=1S/C20H26N10O7S3.Na/c1-2-9(3-21)37-26-12(10-5-38-18(22)23-10)14(33)24-13-15(34)29-6-20(17(35)36,7-39-16(13)29)8-40-19-25-27-28-30(19)4-11(31)32;/h5,9,13,16H,2-4,6-8,21H2,1H3,(H2,22,23)(H,24,33)(H,31,32)(H,35,36);/q;+1/p-1/t9?,13?,16-,20?;/m1./s1. The first-order valence-electron chi connectivity index (χ1n) is 11.8. The number of β-lactam (4-membered cyclic amide) rings is 1. The van der Waals surface area contributed by atoms with Crippen LogP contribution in [0.15, 0.2) is 15.7 Å². The zero-order chi connectivity index (χ0) is 29.0. The minimum atomic E-state index is -1.47. The van der Waals surface area contributed by atoms with Crippen LogP contribution < -0.4 is 51.4 Å². The van der Waals surface area contributed by atoms with Crippen molar-refractivity contribution < 1.29 is 63.8 Å². The minimum absolute atomic E-state index is 0. The molecule has 0 spiro atoms. The van der Waals surface area contributed by atoms with Gasteiger partial charge in [0.15, 0.2) is 10.8 Å². The van der Waals surface area contributed by atoms with Crippen molar-refractivity contribution in [2.75, 3.05) is 30.3 Å². The zero-order valence-corrected chi connectivity index (χ0v) is 26.4. The van der Waals surface area contributed by atoms with Crippen LogP contribution >= 0.6 is 34.9 Å². The van der Waals surface area contributed by atoms with Crippen LogP contribution in [-0.4, -0.2) is 107 Å². The number of thioether (sulfide) groups is 2. The average molecular weight is 637 g/mol. The number of aromatic nitrogens is 5. The van der Waals surface area contributed by atoms with Gasteiger partial charge in [-0.3, -0.25) is 14.4 Å². The third kappa shape index (κ3) is 7.30. The van der Waals surface area contributed by atoms with Crippen molar-refractivity contribution in [2.24, 2.45) is 16.3 Å². The molecular weight excluding hydrogens is 611 g/mol. The van der Waals surface area contributed by atoms with E-state index in [-0.39, 0.29) is 75.8 Å². The van der Waals surface area contributed by atoms with E-state index in [0.29, 0.717) is 6.42 Å². The number of nitrogen functional groups attached to an aromatic ring is 1. The summed E-state index contributed by atoms with van der Waals surface area (Å²) in [6.07, 6.45) is 0.119. The largest absolute Gasteiger partial charge is 1.00 e. The molecule has 2 aromatic heterocycles. The number of hydrogen-bond donors (Lipinski definition) is 4. The molecule has 2 aliphatic rings. The molecular formula is C20H25N10NaO7S3. The number of nitrogens with zero attached hydrogens (tertiary/aromatic N) is 7. The van der Waals surface area contributed by atoms with E-state index >= 15 is 0 Å². The summed E-state index contributed by atoms with van der Waals surface area (Å²) in [6, 6.07) is -0.939. The van der Waals surface area contributed by atoms with Gasteiger partial charge < -0.3 is 41.5 Å². The van der Waals surface area contributed by atoms with E-state index in [1.54, 1.807) is 0 Å². The number of carbonyl (C=O) groups is 4. The number of oxime groups is 1. The number of hydrogen-bond acceptors (Lipinski definition) is 16. The number of anilines is 1. The predicted molar refractivity (Wildman–Crippen MR) is 141 cm³/mol. The molecule has 4 heterocycles. The van der Waals surface area contributed by atoms with E-state index < -0.39 is 53.2 Å². The SMILES string of the molecule is CCC(CN)ON=C(C(=O)NC1C(=O)N2CC(CSc3nnnn3CC(=O)O)(C(=O)[O-])CS[C@H]12)c1csc(N)n1.[Na+]. The number of tetrazole rings is 1. The smallest absolute Gasteiger partial charge is 0.549 e. The number of rotatable bonds is 13. The molecule has 0 bridgehead atoms. The molecule has 2 amide bonds. The Kier molecular flexibility index (Phi) is 11.4. The van der Waals surface area contributed by atoms with Crippen LogP contribution in [0.3, 0.4) is 0 Å². The molecule has 0 aromatic carbocycles. The Bertz CT molecular complexity index is 1320. The summed E-state index contributed by atoms with van der Waals surface area (Å²) >= 11 is 3.23. The Hall–Kier alpha value is -2.49. The van der Waals surface area contributed by atoms with Crippen molar-refractivity contribution in [3.8, 4) is 0 Å².